The molecule has 2 amide bonds. The lowest BCUT2D eigenvalue weighted by atomic mass is 9.84. The number of amides is 2. The number of carbonyl (C=O) groups excluding carboxylic acids is 2. The molecule has 2 saturated carbocycles. The Morgan fingerprint density at radius 2 is 1.76 bits per heavy atom. The summed E-state index contributed by atoms with van der Waals surface area (Å²) < 4.78 is 11.0. The van der Waals surface area contributed by atoms with Crippen LogP contribution in [0.25, 0.3) is 0 Å². The van der Waals surface area contributed by atoms with Gasteiger partial charge in [0.15, 0.2) is 0 Å². The Morgan fingerprint density at radius 3 is 2.38 bits per heavy atom. The molecule has 4 fully saturated rings. The van der Waals surface area contributed by atoms with E-state index in [1.165, 1.54) is 25.7 Å². The van der Waals surface area contributed by atoms with Crippen LogP contribution in [0.4, 0.5) is 4.79 Å². The number of guanidine groups is 1. The number of nitriles is 1. The van der Waals surface area contributed by atoms with Gasteiger partial charge >= 0.3 is 6.09 Å². The van der Waals surface area contributed by atoms with Crippen molar-refractivity contribution in [2.45, 2.75) is 82.2 Å². The quantitative estimate of drug-likeness (QED) is 0.393. The van der Waals surface area contributed by atoms with Gasteiger partial charge in [0.05, 0.1) is 25.9 Å². The highest BCUT2D eigenvalue weighted by molar-refractivity contribution is 5.96. The Kier molecular flexibility index (Phi) is 10.0. The first-order chi connectivity index (χ1) is 18.0. The Labute approximate surface area is 222 Å². The van der Waals surface area contributed by atoms with Gasteiger partial charge in [-0.05, 0) is 51.0 Å². The molecule has 10 heteroatoms. The normalized spacial score (nSPS) is 24.4. The zero-order chi connectivity index (χ0) is 26.1. The molecule has 4 rings (SSSR count). The van der Waals surface area contributed by atoms with Crippen LogP contribution < -0.4 is 10.6 Å². The first kappa shape index (κ1) is 27.6. The molecule has 0 aromatic carbocycles. The number of rotatable bonds is 7. The van der Waals surface area contributed by atoms with Crippen LogP contribution in [0.2, 0.25) is 0 Å². The smallest absolute Gasteiger partial charge is 0.413 e. The molecule has 0 radical (unpaired) electrons. The number of morpholine rings is 1. The average Bonchev–Trinajstić information content (AvgIpc) is 2.89. The van der Waals surface area contributed by atoms with Gasteiger partial charge < -0.3 is 24.6 Å². The molecule has 37 heavy (non-hydrogen) atoms. The molecule has 208 valence electrons. The number of nitrogens with one attached hydrogen (secondary N) is 2. The van der Waals surface area contributed by atoms with Crippen LogP contribution >= 0.6 is 0 Å². The number of alkyl carbamates (subject to hydrolysis) is 1. The van der Waals surface area contributed by atoms with Crippen molar-refractivity contribution in [3.8, 4) is 6.07 Å². The van der Waals surface area contributed by atoms with E-state index in [0.717, 1.165) is 38.8 Å². The van der Waals surface area contributed by atoms with E-state index >= 15 is 0 Å². The molecular weight excluding hydrogens is 472 g/mol. The fourth-order valence-electron chi connectivity index (χ4n) is 5.64. The molecule has 10 nitrogen and oxygen atoms in total. The molecule has 0 spiro atoms. The van der Waals surface area contributed by atoms with E-state index in [0.29, 0.717) is 70.0 Å². The van der Waals surface area contributed by atoms with E-state index in [2.05, 4.69) is 21.6 Å². The van der Waals surface area contributed by atoms with Gasteiger partial charge in [0, 0.05) is 27.6 Å². The predicted octanol–water partition coefficient (Wildman–Crippen LogP) is 2.89. The van der Waals surface area contributed by atoms with Gasteiger partial charge in [-0.1, -0.05) is 38.5 Å². The number of hydrogen-bond donors (Lipinski definition) is 2. The summed E-state index contributed by atoms with van der Waals surface area (Å²) >= 11 is 0. The van der Waals surface area contributed by atoms with Crippen molar-refractivity contribution in [2.75, 3.05) is 53.0 Å². The van der Waals surface area contributed by atoms with Crippen molar-refractivity contribution >= 4 is 18.0 Å². The van der Waals surface area contributed by atoms with Gasteiger partial charge in [0.25, 0.3) is 0 Å². The maximum absolute atomic E-state index is 13.7. The summed E-state index contributed by atoms with van der Waals surface area (Å²) in [6.45, 7) is 4.15. The van der Waals surface area contributed by atoms with Crippen LogP contribution in [-0.2, 0) is 14.3 Å². The van der Waals surface area contributed by atoms with Crippen LogP contribution in [0.3, 0.4) is 0 Å². The van der Waals surface area contributed by atoms with Gasteiger partial charge in [-0.2, -0.15) is 5.26 Å². The van der Waals surface area contributed by atoms with Gasteiger partial charge in [-0.25, -0.2) is 9.79 Å². The van der Waals surface area contributed by atoms with Crippen molar-refractivity contribution in [1.82, 2.24) is 20.4 Å². The molecule has 2 aliphatic carbocycles. The molecular formula is C27H46N6O4. The topological polar surface area (TPSA) is 119 Å². The molecule has 2 N–H and O–H groups in total. The van der Waals surface area contributed by atoms with E-state index in [1.54, 1.807) is 0 Å². The lowest BCUT2D eigenvalue weighted by Crippen LogP contribution is -2.56. The molecule has 0 aromatic rings. The fraction of sp³-hybridized carbons (Fsp3) is 0.852. The van der Waals surface area contributed by atoms with Crippen LogP contribution in [0.1, 0.15) is 72.1 Å². The number of nitrogens with zero attached hydrogens (tertiary/aromatic N) is 4. The third-order valence-corrected chi connectivity index (χ3v) is 8.48. The summed E-state index contributed by atoms with van der Waals surface area (Å²) in [5.74, 6) is 0.982. The maximum Gasteiger partial charge on any atom is 0.413 e. The molecule has 1 atom stereocenters. The summed E-state index contributed by atoms with van der Waals surface area (Å²) in [7, 11) is 2.03. The van der Waals surface area contributed by atoms with E-state index in [-0.39, 0.29) is 7.33 Å². The molecule has 2 saturated heterocycles. The minimum atomic E-state index is -0.877. The standard InChI is InChI=1S/C27H44N6O4.H2/c1-32-12-10-27(20-28,11-13-32)31-24(34)23(18-21-6-3-2-4-7-21)29-25(33-14-16-36-17-15-33)30-26(35)37-19-22-8-5-9-22;/h21-23H,2-19H2,1H3,(H,31,34)(H,29,30,35);1H. The second kappa shape index (κ2) is 13.4. The SMILES string of the molecule is CN1CCC(C#N)(NC(=O)C(CC2CCCCC2)N=C(NC(=O)OCC2CCC2)N2CCOCC2)CC1.[HH]. The highest BCUT2D eigenvalue weighted by Crippen LogP contribution is 2.29. The summed E-state index contributed by atoms with van der Waals surface area (Å²) in [5.41, 5.74) is -0.877. The summed E-state index contributed by atoms with van der Waals surface area (Å²) in [6.07, 6.45) is 10.4. The second-order valence-corrected chi connectivity index (χ2v) is 11.3. The molecule has 0 bridgehead atoms. The Balaban J connectivity index is 0.00000400. The number of likely N-dealkylation sites (tertiary alicyclic amines) is 1. The second-order valence-electron chi connectivity index (χ2n) is 11.3. The first-order valence-corrected chi connectivity index (χ1v) is 14.2. The van der Waals surface area contributed by atoms with Gasteiger partial charge in [0.1, 0.15) is 11.6 Å². The highest BCUT2D eigenvalue weighted by Gasteiger charge is 2.38. The summed E-state index contributed by atoms with van der Waals surface area (Å²) in [5, 5.41) is 15.9. The van der Waals surface area contributed by atoms with Crippen molar-refractivity contribution < 1.29 is 20.5 Å². The highest BCUT2D eigenvalue weighted by atomic mass is 16.5. The molecule has 1 unspecified atom stereocenters. The molecule has 2 aliphatic heterocycles. The predicted molar refractivity (Wildman–Crippen MR) is 142 cm³/mol. The first-order valence-electron chi connectivity index (χ1n) is 14.2. The third-order valence-electron chi connectivity index (χ3n) is 8.48. The Morgan fingerprint density at radius 1 is 1.08 bits per heavy atom. The fourth-order valence-corrected chi connectivity index (χ4v) is 5.64. The molecule has 0 aromatic heterocycles. The third kappa shape index (κ3) is 8.05. The number of aliphatic imine (C=N–C) groups is 1. The number of ether oxygens (including phenoxy) is 2. The summed E-state index contributed by atoms with van der Waals surface area (Å²) in [6, 6.07) is 1.71. The van der Waals surface area contributed by atoms with Gasteiger partial charge in [0.2, 0.25) is 11.9 Å². The minimum Gasteiger partial charge on any atom is -0.449 e. The molecule has 4 aliphatic rings. The van der Waals surface area contributed by atoms with Crippen LogP contribution in [0.5, 0.6) is 0 Å². The Bertz CT molecular complexity index is 841. The number of piperidine rings is 1. The van der Waals surface area contributed by atoms with Gasteiger partial charge in [-0.15, -0.1) is 0 Å². The lowest BCUT2D eigenvalue weighted by molar-refractivity contribution is -0.124. The van der Waals surface area contributed by atoms with E-state index in [1.807, 2.05) is 11.9 Å². The van der Waals surface area contributed by atoms with Crippen LogP contribution in [0, 0.1) is 23.2 Å². The van der Waals surface area contributed by atoms with Gasteiger partial charge in [-0.3, -0.25) is 10.1 Å². The zero-order valence-corrected chi connectivity index (χ0v) is 22.4. The van der Waals surface area contributed by atoms with Crippen molar-refractivity contribution in [2.24, 2.45) is 16.8 Å². The van der Waals surface area contributed by atoms with E-state index < -0.39 is 17.7 Å². The molecule has 2 heterocycles. The van der Waals surface area contributed by atoms with Crippen molar-refractivity contribution in [3.05, 3.63) is 0 Å². The monoisotopic (exact) mass is 518 g/mol. The van der Waals surface area contributed by atoms with Crippen LogP contribution in [-0.4, -0.2) is 92.4 Å². The number of hydrogen-bond acceptors (Lipinski definition) is 7. The largest absolute Gasteiger partial charge is 0.449 e. The Hall–Kier alpha value is -2.38. The van der Waals surface area contributed by atoms with E-state index in [4.69, 9.17) is 14.5 Å². The van der Waals surface area contributed by atoms with Crippen LogP contribution in [0.15, 0.2) is 4.99 Å². The van der Waals surface area contributed by atoms with Crippen molar-refractivity contribution in [3.63, 3.8) is 0 Å². The summed E-state index contributed by atoms with van der Waals surface area (Å²) in [4.78, 5) is 35.5. The maximum atomic E-state index is 13.7. The van der Waals surface area contributed by atoms with Crippen molar-refractivity contribution in [1.29, 1.82) is 5.26 Å². The van der Waals surface area contributed by atoms with E-state index in [9.17, 15) is 14.9 Å². The lowest BCUT2D eigenvalue weighted by Gasteiger charge is -2.37. The number of carbonyl (C=O) groups is 2. The zero-order valence-electron chi connectivity index (χ0n) is 22.4. The average molecular weight is 519 g/mol. The minimum absolute atomic E-state index is 0.